The van der Waals surface area contributed by atoms with Gasteiger partial charge < -0.3 is 0 Å². The van der Waals surface area contributed by atoms with E-state index in [1.165, 1.54) is 0 Å². The van der Waals surface area contributed by atoms with Crippen LogP contribution in [0.15, 0.2) is 16.9 Å². The number of nitrogens with zero attached hydrogens (tertiary/aromatic N) is 1. The van der Waals surface area contributed by atoms with Crippen LogP contribution in [0.1, 0.15) is 0 Å². The molecule has 0 aliphatic rings. The Kier molecular flexibility index (Phi) is 4.02. The summed E-state index contributed by atoms with van der Waals surface area (Å²) < 4.78 is 0.919. The Labute approximate surface area is 72.1 Å². The summed E-state index contributed by atoms with van der Waals surface area (Å²) in [6.45, 7) is 0. The SMILES string of the molecule is Brc1ccn[nH]1.[Na]. The van der Waals surface area contributed by atoms with Crippen LogP contribution in [0.25, 0.3) is 0 Å². The summed E-state index contributed by atoms with van der Waals surface area (Å²) >= 11 is 3.16. The molecule has 33 valence electrons. The third-order valence-electron chi connectivity index (χ3n) is 0.467. The maximum absolute atomic E-state index is 3.65. The van der Waals surface area contributed by atoms with Gasteiger partial charge in [0, 0.05) is 35.8 Å². The average Bonchev–Trinajstić information content (AvgIpc) is 1.86. The van der Waals surface area contributed by atoms with Gasteiger partial charge in [-0.1, -0.05) is 0 Å². The summed E-state index contributed by atoms with van der Waals surface area (Å²) in [6.07, 6.45) is 1.68. The van der Waals surface area contributed by atoms with Gasteiger partial charge in [0.25, 0.3) is 0 Å². The fourth-order valence-corrected chi connectivity index (χ4v) is 0.459. The molecule has 4 heteroatoms. The van der Waals surface area contributed by atoms with E-state index in [1.54, 1.807) is 6.20 Å². The van der Waals surface area contributed by atoms with Gasteiger partial charge in [-0.15, -0.1) is 0 Å². The molecule has 7 heavy (non-hydrogen) atoms. The van der Waals surface area contributed by atoms with Gasteiger partial charge in [0.05, 0.1) is 0 Å². The van der Waals surface area contributed by atoms with E-state index in [1.807, 2.05) is 6.07 Å². The van der Waals surface area contributed by atoms with Crippen molar-refractivity contribution in [3.8, 4) is 0 Å². The Hall–Kier alpha value is 0.690. The van der Waals surface area contributed by atoms with Crippen molar-refractivity contribution in [1.29, 1.82) is 0 Å². The number of rotatable bonds is 0. The molecule has 0 saturated heterocycles. The van der Waals surface area contributed by atoms with Crippen molar-refractivity contribution < 1.29 is 0 Å². The van der Waals surface area contributed by atoms with Crippen molar-refractivity contribution >= 4 is 45.5 Å². The van der Waals surface area contributed by atoms with Gasteiger partial charge in [0.1, 0.15) is 4.60 Å². The first-order valence-corrected chi connectivity index (χ1v) is 2.34. The minimum Gasteiger partial charge on any atom is -0.271 e. The third-order valence-corrected chi connectivity index (χ3v) is 0.908. The minimum atomic E-state index is 0. The van der Waals surface area contributed by atoms with E-state index in [9.17, 15) is 0 Å². The standard InChI is InChI=1S/C3H3BrN2.Na/c4-3-1-2-5-6-3;/h1-2H,(H,5,6);. The molecule has 1 aromatic rings. The van der Waals surface area contributed by atoms with Crippen LogP contribution >= 0.6 is 15.9 Å². The van der Waals surface area contributed by atoms with E-state index in [0.29, 0.717) is 0 Å². The fraction of sp³-hybridized carbons (Fsp3) is 0. The van der Waals surface area contributed by atoms with Gasteiger partial charge in [0.2, 0.25) is 0 Å². The van der Waals surface area contributed by atoms with E-state index in [0.717, 1.165) is 4.60 Å². The number of hydrogen-bond acceptors (Lipinski definition) is 1. The second-order valence-corrected chi connectivity index (χ2v) is 1.76. The van der Waals surface area contributed by atoms with Crippen LogP contribution in [0.2, 0.25) is 0 Å². The van der Waals surface area contributed by atoms with E-state index in [-0.39, 0.29) is 29.6 Å². The molecule has 1 N–H and O–H groups in total. The van der Waals surface area contributed by atoms with Crippen LogP contribution in [-0.2, 0) is 0 Å². The van der Waals surface area contributed by atoms with Crippen LogP contribution in [0.3, 0.4) is 0 Å². The molecule has 0 spiro atoms. The number of hydrogen-bond donors (Lipinski definition) is 1. The molecule has 1 aromatic heterocycles. The summed E-state index contributed by atoms with van der Waals surface area (Å²) in [4.78, 5) is 0. The number of aromatic nitrogens is 2. The number of aromatic amines is 1. The Morgan fingerprint density at radius 1 is 1.71 bits per heavy atom. The number of nitrogens with one attached hydrogen (secondary N) is 1. The van der Waals surface area contributed by atoms with Crippen molar-refractivity contribution in [1.82, 2.24) is 10.2 Å². The first-order valence-electron chi connectivity index (χ1n) is 1.54. The van der Waals surface area contributed by atoms with Crippen molar-refractivity contribution in [3.63, 3.8) is 0 Å². The monoisotopic (exact) mass is 169 g/mol. The van der Waals surface area contributed by atoms with Crippen molar-refractivity contribution in [2.24, 2.45) is 0 Å². The molecule has 0 aromatic carbocycles. The molecule has 1 heterocycles. The van der Waals surface area contributed by atoms with Gasteiger partial charge in [-0.25, -0.2) is 0 Å². The van der Waals surface area contributed by atoms with Gasteiger partial charge in [-0.05, 0) is 22.0 Å². The first-order chi connectivity index (χ1) is 2.89. The van der Waals surface area contributed by atoms with Crippen molar-refractivity contribution in [3.05, 3.63) is 16.9 Å². The van der Waals surface area contributed by atoms with Gasteiger partial charge in [-0.3, -0.25) is 5.10 Å². The van der Waals surface area contributed by atoms with E-state index in [2.05, 4.69) is 26.1 Å². The Balaban J connectivity index is 0.000000360. The normalized spacial score (nSPS) is 7.57. The molecule has 0 bridgehead atoms. The van der Waals surface area contributed by atoms with E-state index in [4.69, 9.17) is 0 Å². The predicted octanol–water partition coefficient (Wildman–Crippen LogP) is 0.791. The molecule has 0 fully saturated rings. The Morgan fingerprint density at radius 2 is 2.43 bits per heavy atom. The quantitative estimate of drug-likeness (QED) is 0.573. The van der Waals surface area contributed by atoms with Crippen LogP contribution in [0, 0.1) is 0 Å². The molecular formula is C3H3BrN2Na. The summed E-state index contributed by atoms with van der Waals surface area (Å²) in [5.41, 5.74) is 0. The minimum absolute atomic E-state index is 0. The molecule has 0 atom stereocenters. The van der Waals surface area contributed by atoms with Crippen molar-refractivity contribution in [2.45, 2.75) is 0 Å². The van der Waals surface area contributed by atoms with E-state index >= 15 is 0 Å². The maximum Gasteiger partial charge on any atom is 0.100 e. The zero-order valence-corrected chi connectivity index (χ0v) is 7.57. The molecule has 0 saturated carbocycles. The molecule has 0 aliphatic carbocycles. The molecule has 1 radical (unpaired) electrons. The number of halogens is 1. The van der Waals surface area contributed by atoms with Gasteiger partial charge >= 0.3 is 0 Å². The second kappa shape index (κ2) is 3.66. The summed E-state index contributed by atoms with van der Waals surface area (Å²) in [7, 11) is 0. The van der Waals surface area contributed by atoms with Crippen LogP contribution < -0.4 is 0 Å². The van der Waals surface area contributed by atoms with Crippen LogP contribution in [0.5, 0.6) is 0 Å². The maximum atomic E-state index is 3.65. The van der Waals surface area contributed by atoms with Crippen LogP contribution in [0.4, 0.5) is 0 Å². The smallest absolute Gasteiger partial charge is 0.100 e. The largest absolute Gasteiger partial charge is 0.271 e. The molecular weight excluding hydrogens is 167 g/mol. The predicted molar refractivity (Wildman–Crippen MR) is 32.0 cm³/mol. The molecule has 2 nitrogen and oxygen atoms in total. The van der Waals surface area contributed by atoms with Gasteiger partial charge in [0.15, 0.2) is 0 Å². The number of H-pyrrole nitrogens is 1. The topological polar surface area (TPSA) is 28.7 Å². The van der Waals surface area contributed by atoms with Gasteiger partial charge in [-0.2, -0.15) is 5.10 Å². The zero-order chi connectivity index (χ0) is 4.41. The molecule has 0 aliphatic heterocycles. The Morgan fingerprint density at radius 3 is 2.57 bits per heavy atom. The Bertz CT molecular complexity index is 116. The average molecular weight is 170 g/mol. The molecule has 0 amide bonds. The summed E-state index contributed by atoms with van der Waals surface area (Å²) in [6, 6.07) is 1.83. The first kappa shape index (κ1) is 7.69. The zero-order valence-electron chi connectivity index (χ0n) is 3.98. The second-order valence-electron chi connectivity index (χ2n) is 0.905. The molecule has 0 unspecified atom stereocenters. The van der Waals surface area contributed by atoms with Crippen LogP contribution in [-0.4, -0.2) is 39.8 Å². The fourth-order valence-electron chi connectivity index (χ4n) is 0.239. The van der Waals surface area contributed by atoms with E-state index < -0.39 is 0 Å². The summed E-state index contributed by atoms with van der Waals surface area (Å²) in [5.74, 6) is 0. The summed E-state index contributed by atoms with van der Waals surface area (Å²) in [5, 5.41) is 6.32. The molecule has 1 rings (SSSR count). The van der Waals surface area contributed by atoms with Crippen molar-refractivity contribution in [2.75, 3.05) is 0 Å². The third kappa shape index (κ3) is 2.49.